The van der Waals surface area contributed by atoms with E-state index >= 15 is 0 Å². The van der Waals surface area contributed by atoms with Crippen molar-refractivity contribution in [2.24, 2.45) is 16.7 Å². The van der Waals surface area contributed by atoms with Crippen molar-refractivity contribution in [1.29, 1.82) is 0 Å². The summed E-state index contributed by atoms with van der Waals surface area (Å²) in [5.41, 5.74) is -7.33. The number of fused-ring (bicyclic) bond motifs is 5. The number of rotatable bonds is 8. The SMILES string of the molecule is CC1=C2[C@@H](O)C(=O)[C@@]3(C)[C@H]([C@H](OC(=O)c4ccccc4)[C@](O)(CC1OC(=O)[C@H](O)[C@@H](NC(=O)c1ccccc1)c1ccco1)C2(C)C)[C@]1(O)CO[C@@H]1C[C@@H]3O.[Ac].[Ac]. The molecule has 16 heteroatoms. The second-order valence-electron chi connectivity index (χ2n) is 15.8. The predicted octanol–water partition coefficient (Wildman–Crippen LogP) is 2.19. The maximum Gasteiger partial charge on any atom is 0.338 e. The molecular formula is C41H45Ac2NO13. The maximum atomic E-state index is 14.7. The van der Waals surface area contributed by atoms with Gasteiger partial charge in [0.25, 0.3) is 5.91 Å². The van der Waals surface area contributed by atoms with Crippen molar-refractivity contribution in [3.8, 4) is 0 Å². The van der Waals surface area contributed by atoms with Gasteiger partial charge in [-0.3, -0.25) is 9.59 Å². The van der Waals surface area contributed by atoms with Gasteiger partial charge in [-0.2, -0.15) is 0 Å². The molecule has 1 amide bonds. The summed E-state index contributed by atoms with van der Waals surface area (Å²) in [4.78, 5) is 55.7. The van der Waals surface area contributed by atoms with E-state index in [-0.39, 0.29) is 129 Å². The number of hydrogen-bond acceptors (Lipinski definition) is 13. The molecule has 1 unspecified atom stereocenters. The van der Waals surface area contributed by atoms with Crippen LogP contribution in [0.1, 0.15) is 73.1 Å². The van der Waals surface area contributed by atoms with Crippen molar-refractivity contribution in [2.75, 3.05) is 6.61 Å². The first-order chi connectivity index (χ1) is 26.0. The van der Waals surface area contributed by atoms with Gasteiger partial charge in [0.05, 0.1) is 36.1 Å². The van der Waals surface area contributed by atoms with Gasteiger partial charge in [0.1, 0.15) is 41.3 Å². The number of furan rings is 1. The Morgan fingerprint density at radius 2 is 1.51 bits per heavy atom. The molecule has 3 aromatic rings. The van der Waals surface area contributed by atoms with E-state index in [4.69, 9.17) is 18.6 Å². The van der Waals surface area contributed by atoms with E-state index in [1.54, 1.807) is 62.4 Å². The van der Waals surface area contributed by atoms with Crippen LogP contribution < -0.4 is 5.32 Å². The molecule has 3 aliphatic carbocycles. The number of nitrogens with one attached hydrogen (secondary N) is 1. The van der Waals surface area contributed by atoms with Gasteiger partial charge in [0.2, 0.25) is 0 Å². The summed E-state index contributed by atoms with van der Waals surface area (Å²) in [6, 6.07) is 17.5. The Labute approximate surface area is 400 Å². The number of esters is 2. The van der Waals surface area contributed by atoms with E-state index in [0.29, 0.717) is 0 Å². The molecule has 57 heavy (non-hydrogen) atoms. The number of Topliss-reactive ketones (excluding diaryl/α,β-unsaturated/α-hetero) is 1. The molecule has 6 N–H and O–H groups in total. The number of carbonyl (C=O) groups is 4. The van der Waals surface area contributed by atoms with Gasteiger partial charge in [-0.05, 0) is 61.4 Å². The van der Waals surface area contributed by atoms with Gasteiger partial charge in [0, 0.05) is 118 Å². The first-order valence-corrected chi connectivity index (χ1v) is 18.2. The zero-order chi connectivity index (χ0) is 39.7. The summed E-state index contributed by atoms with van der Waals surface area (Å²) >= 11 is 0. The summed E-state index contributed by atoms with van der Waals surface area (Å²) in [7, 11) is 0. The number of aliphatic hydroxyl groups excluding tert-OH is 3. The van der Waals surface area contributed by atoms with Gasteiger partial charge in [-0.1, -0.05) is 50.2 Å². The Bertz CT molecular complexity index is 2010. The molecule has 1 aromatic heterocycles. The minimum absolute atomic E-state index is 0. The quantitative estimate of drug-likeness (QED) is 0.141. The molecular weight excluding hydrogens is 1170 g/mol. The monoisotopic (exact) mass is 1210 g/mol. The van der Waals surface area contributed by atoms with Crippen molar-refractivity contribution in [3.05, 3.63) is 107 Å². The van der Waals surface area contributed by atoms with Gasteiger partial charge in [-0.25, -0.2) is 9.59 Å². The van der Waals surface area contributed by atoms with Crippen LogP contribution in [0.5, 0.6) is 0 Å². The Morgan fingerprint density at radius 1 is 0.895 bits per heavy atom. The number of benzene rings is 2. The fraction of sp³-hybridized carbons (Fsp3) is 0.463. The molecule has 4 aliphatic rings. The van der Waals surface area contributed by atoms with E-state index in [1.807, 2.05) is 0 Å². The van der Waals surface area contributed by atoms with Crippen LogP contribution in [0.3, 0.4) is 0 Å². The van der Waals surface area contributed by atoms with E-state index in [0.717, 1.165) is 0 Å². The Morgan fingerprint density at radius 3 is 2.07 bits per heavy atom. The Kier molecular flexibility index (Phi) is 14.0. The number of aliphatic hydroxyl groups is 5. The molecule has 2 heterocycles. The van der Waals surface area contributed by atoms with Crippen molar-refractivity contribution in [3.63, 3.8) is 0 Å². The minimum Gasteiger partial charge on any atom is -0.467 e. The summed E-state index contributed by atoms with van der Waals surface area (Å²) < 4.78 is 23.2. The fourth-order valence-corrected chi connectivity index (χ4v) is 9.31. The van der Waals surface area contributed by atoms with Crippen LogP contribution in [-0.4, -0.2) is 104 Å². The van der Waals surface area contributed by atoms with Crippen LogP contribution in [0.25, 0.3) is 0 Å². The zero-order valence-electron chi connectivity index (χ0n) is 31.9. The molecule has 14 nitrogen and oxygen atoms in total. The van der Waals surface area contributed by atoms with Crippen LogP contribution in [0.4, 0.5) is 0 Å². The second-order valence-corrected chi connectivity index (χ2v) is 15.8. The first kappa shape index (κ1) is 46.3. The van der Waals surface area contributed by atoms with Crippen molar-refractivity contribution >= 4 is 23.6 Å². The number of carbonyl (C=O) groups excluding carboxylic acids is 4. The summed E-state index contributed by atoms with van der Waals surface area (Å²) in [5, 5.41) is 63.2. The Hall–Kier alpha value is -1.82. The normalized spacial score (nSPS) is 33.5. The number of hydrogen-bond donors (Lipinski definition) is 6. The zero-order valence-corrected chi connectivity index (χ0v) is 41.4. The van der Waals surface area contributed by atoms with Gasteiger partial charge in [-0.15, -0.1) is 0 Å². The van der Waals surface area contributed by atoms with Crippen LogP contribution in [0, 0.1) is 105 Å². The predicted molar refractivity (Wildman–Crippen MR) is 191 cm³/mol. The smallest absolute Gasteiger partial charge is 0.338 e. The topological polar surface area (TPSA) is 222 Å². The molecule has 2 saturated carbocycles. The van der Waals surface area contributed by atoms with Crippen molar-refractivity contribution < 1.29 is 151 Å². The number of amides is 1. The summed E-state index contributed by atoms with van der Waals surface area (Å²) in [5.74, 6) is -5.17. The minimum atomic E-state index is -2.31. The third kappa shape index (κ3) is 7.62. The van der Waals surface area contributed by atoms with Gasteiger partial charge in [0.15, 0.2) is 11.9 Å². The molecule has 2 bridgehead atoms. The standard InChI is InChI=1S/C41H45NO13.2Ac/c1-21-25(54-37(49)31(45)29(24-16-11-17-52-24)42-35(47)22-12-7-5-8-13-22)19-41(51)34(55-36(48)23-14-9-6-10-15-23)32-39(4,26(43)18-27-40(32,50)20-53-27)33(46)30(44)28(21)38(41,2)3;;/h5-17,25-27,29-32,34,43-45,50-51H,18-20H2,1-4H3,(H,42,47);;/t25?,26-,27+,29-,30+,31+,32-,34-,39+,40-,41+;;/m0../s1. The first-order valence-electron chi connectivity index (χ1n) is 18.2. The van der Waals surface area contributed by atoms with E-state index in [1.165, 1.54) is 44.4 Å². The van der Waals surface area contributed by atoms with Crippen LogP contribution >= 0.6 is 0 Å². The van der Waals surface area contributed by atoms with Crippen LogP contribution in [-0.2, 0) is 23.8 Å². The maximum absolute atomic E-state index is 14.7. The average Bonchev–Trinajstić information content (AvgIpc) is 3.71. The van der Waals surface area contributed by atoms with E-state index in [2.05, 4.69) is 5.32 Å². The molecule has 7 rings (SSSR count). The third-order valence-electron chi connectivity index (χ3n) is 12.6. The molecule has 1 saturated heterocycles. The second kappa shape index (κ2) is 17.3. The van der Waals surface area contributed by atoms with Gasteiger partial charge < -0.3 is 49.5 Å². The van der Waals surface area contributed by atoms with E-state index in [9.17, 15) is 44.7 Å². The Balaban J connectivity index is 0.00000310. The number of ketones is 1. The average molecular weight is 1210 g/mol. The van der Waals surface area contributed by atoms with Crippen molar-refractivity contribution in [1.82, 2.24) is 5.32 Å². The van der Waals surface area contributed by atoms with Gasteiger partial charge >= 0.3 is 11.9 Å². The molecule has 3 fully saturated rings. The summed E-state index contributed by atoms with van der Waals surface area (Å²) in [6.45, 7) is 5.66. The molecule has 0 spiro atoms. The number of ether oxygens (including phenoxy) is 3. The van der Waals surface area contributed by atoms with Crippen LogP contribution in [0.15, 0.2) is 94.6 Å². The molecule has 1 aliphatic heterocycles. The molecule has 2 aromatic carbocycles. The third-order valence-corrected chi connectivity index (χ3v) is 12.6. The largest absolute Gasteiger partial charge is 0.467 e. The van der Waals surface area contributed by atoms with E-state index < -0.39 is 101 Å². The fourth-order valence-electron chi connectivity index (χ4n) is 9.31. The molecule has 298 valence electrons. The van der Waals surface area contributed by atoms with Crippen molar-refractivity contribution in [2.45, 2.75) is 94.4 Å². The summed E-state index contributed by atoms with van der Waals surface area (Å²) in [6.07, 6.45) is -9.13. The molecule has 2 radical (unpaired) electrons. The molecule has 11 atom stereocenters. The van der Waals surface area contributed by atoms with Crippen LogP contribution in [0.2, 0.25) is 0 Å².